The average Bonchev–Trinajstić information content (AvgIpc) is 2.19. The Morgan fingerprint density at radius 2 is 1.94 bits per heavy atom. The van der Waals surface area contributed by atoms with Crippen LogP contribution in [0.5, 0.6) is 0 Å². The van der Waals surface area contributed by atoms with Crippen molar-refractivity contribution in [1.82, 2.24) is 0 Å². The van der Waals surface area contributed by atoms with Gasteiger partial charge < -0.3 is 0 Å². The first-order chi connectivity index (χ1) is 7.48. The minimum atomic E-state index is -1.16. The number of nitriles is 1. The SMILES string of the molecule is Cc1cc(F)c(C2(C#N)CC(=O)C2)cc1F. The standard InChI is InChI=1S/C12H9F2NO/c1-7-2-11(14)9(3-10(7)13)12(6-15)4-8(16)5-12/h2-3H,4-5H2,1H3. The highest BCUT2D eigenvalue weighted by molar-refractivity contribution is 5.90. The Morgan fingerprint density at radius 1 is 1.31 bits per heavy atom. The van der Waals surface area contributed by atoms with Crippen LogP contribution in [0.4, 0.5) is 8.78 Å². The molecule has 1 aromatic carbocycles. The molecular formula is C12H9F2NO. The molecule has 16 heavy (non-hydrogen) atoms. The van der Waals surface area contributed by atoms with Gasteiger partial charge in [0.05, 0.1) is 11.5 Å². The van der Waals surface area contributed by atoms with E-state index in [2.05, 4.69) is 0 Å². The Kier molecular flexibility index (Phi) is 2.27. The minimum absolute atomic E-state index is 0.00213. The summed E-state index contributed by atoms with van der Waals surface area (Å²) >= 11 is 0. The van der Waals surface area contributed by atoms with Crippen molar-refractivity contribution in [2.75, 3.05) is 0 Å². The molecule has 0 amide bonds. The van der Waals surface area contributed by atoms with Gasteiger partial charge in [-0.2, -0.15) is 5.26 Å². The maximum atomic E-state index is 13.6. The first-order valence-corrected chi connectivity index (χ1v) is 4.87. The first kappa shape index (κ1) is 10.7. The fraction of sp³-hybridized carbons (Fsp3) is 0.333. The largest absolute Gasteiger partial charge is 0.300 e. The second-order valence-electron chi connectivity index (χ2n) is 4.17. The topological polar surface area (TPSA) is 40.9 Å². The van der Waals surface area contributed by atoms with Crippen LogP contribution in [0.2, 0.25) is 0 Å². The molecule has 4 heteroatoms. The number of ketones is 1. The molecular weight excluding hydrogens is 212 g/mol. The molecule has 0 radical (unpaired) electrons. The fourth-order valence-corrected chi connectivity index (χ4v) is 1.96. The van der Waals surface area contributed by atoms with Crippen LogP contribution in [-0.2, 0) is 10.2 Å². The van der Waals surface area contributed by atoms with Crippen LogP contribution >= 0.6 is 0 Å². The van der Waals surface area contributed by atoms with Crippen LogP contribution in [0.15, 0.2) is 12.1 Å². The van der Waals surface area contributed by atoms with Crippen molar-refractivity contribution in [3.05, 3.63) is 34.9 Å². The third-order valence-corrected chi connectivity index (χ3v) is 2.98. The molecule has 0 heterocycles. The van der Waals surface area contributed by atoms with Crippen molar-refractivity contribution < 1.29 is 13.6 Å². The molecule has 2 nitrogen and oxygen atoms in total. The number of carbonyl (C=O) groups is 1. The zero-order valence-corrected chi connectivity index (χ0v) is 8.68. The van der Waals surface area contributed by atoms with E-state index in [4.69, 9.17) is 5.26 Å². The summed E-state index contributed by atoms with van der Waals surface area (Å²) in [5.41, 5.74) is -0.965. The quantitative estimate of drug-likeness (QED) is 0.730. The van der Waals surface area contributed by atoms with Crippen LogP contribution in [0.25, 0.3) is 0 Å². The molecule has 1 aliphatic rings. The Bertz CT molecular complexity index is 508. The number of benzene rings is 1. The Morgan fingerprint density at radius 3 is 2.44 bits per heavy atom. The summed E-state index contributed by atoms with van der Waals surface area (Å²) in [5.74, 6) is -1.26. The van der Waals surface area contributed by atoms with Gasteiger partial charge in [-0.15, -0.1) is 0 Å². The number of carbonyl (C=O) groups excluding carboxylic acids is 1. The summed E-state index contributed by atoms with van der Waals surface area (Å²) in [6, 6.07) is 4.01. The lowest BCUT2D eigenvalue weighted by Gasteiger charge is -2.34. The summed E-state index contributed by atoms with van der Waals surface area (Å²) in [6.07, 6.45) is -0.0498. The van der Waals surface area contributed by atoms with Gasteiger partial charge >= 0.3 is 0 Å². The molecule has 0 bridgehead atoms. The maximum Gasteiger partial charge on any atom is 0.136 e. The monoisotopic (exact) mass is 221 g/mol. The zero-order chi connectivity index (χ0) is 11.9. The molecule has 0 unspecified atom stereocenters. The number of Topliss-reactive ketones (excluding diaryl/α,β-unsaturated/α-hetero) is 1. The van der Waals surface area contributed by atoms with Crippen LogP contribution < -0.4 is 0 Å². The molecule has 82 valence electrons. The van der Waals surface area contributed by atoms with E-state index in [-0.39, 0.29) is 29.8 Å². The lowest BCUT2D eigenvalue weighted by molar-refractivity contribution is -0.126. The van der Waals surface area contributed by atoms with Gasteiger partial charge in [-0.1, -0.05) is 0 Å². The number of rotatable bonds is 1. The lowest BCUT2D eigenvalue weighted by atomic mass is 9.64. The molecule has 1 fully saturated rings. The zero-order valence-electron chi connectivity index (χ0n) is 8.68. The van der Waals surface area contributed by atoms with Gasteiger partial charge in [-0.3, -0.25) is 4.79 Å². The molecule has 0 saturated heterocycles. The second-order valence-corrected chi connectivity index (χ2v) is 4.17. The Labute approximate surface area is 91.5 Å². The number of halogens is 2. The van der Waals surface area contributed by atoms with Crippen LogP contribution in [0.1, 0.15) is 24.0 Å². The van der Waals surface area contributed by atoms with Gasteiger partial charge in [0.1, 0.15) is 17.4 Å². The summed E-state index contributed by atoms with van der Waals surface area (Å²) in [5, 5.41) is 9.00. The van der Waals surface area contributed by atoms with Gasteiger partial charge in [0, 0.05) is 18.4 Å². The molecule has 0 atom stereocenters. The third-order valence-electron chi connectivity index (χ3n) is 2.98. The molecule has 0 aliphatic heterocycles. The van der Waals surface area contributed by atoms with Crippen molar-refractivity contribution in [3.63, 3.8) is 0 Å². The number of aryl methyl sites for hydroxylation is 1. The predicted octanol–water partition coefficient (Wildman–Crippen LogP) is 2.40. The number of hydrogen-bond acceptors (Lipinski definition) is 2. The number of nitrogens with zero attached hydrogens (tertiary/aromatic N) is 1. The molecule has 1 aromatic rings. The van der Waals surface area contributed by atoms with E-state index < -0.39 is 17.0 Å². The van der Waals surface area contributed by atoms with Gasteiger partial charge in [-0.05, 0) is 24.6 Å². The van der Waals surface area contributed by atoms with Crippen LogP contribution in [-0.4, -0.2) is 5.78 Å². The molecule has 0 N–H and O–H groups in total. The maximum absolute atomic E-state index is 13.6. The normalized spacial score (nSPS) is 17.8. The van der Waals surface area contributed by atoms with E-state index in [1.165, 1.54) is 6.92 Å². The van der Waals surface area contributed by atoms with Gasteiger partial charge in [0.15, 0.2) is 0 Å². The highest BCUT2D eigenvalue weighted by Crippen LogP contribution is 2.42. The van der Waals surface area contributed by atoms with Crippen molar-refractivity contribution in [3.8, 4) is 6.07 Å². The van der Waals surface area contributed by atoms with E-state index in [0.717, 1.165) is 12.1 Å². The number of hydrogen-bond donors (Lipinski definition) is 0. The molecule has 1 saturated carbocycles. The van der Waals surface area contributed by atoms with Crippen LogP contribution in [0, 0.1) is 29.9 Å². The summed E-state index contributed by atoms with van der Waals surface area (Å²) in [6.45, 7) is 1.45. The Hall–Kier alpha value is -1.76. The van der Waals surface area contributed by atoms with E-state index in [9.17, 15) is 13.6 Å². The van der Waals surface area contributed by atoms with Gasteiger partial charge in [0.2, 0.25) is 0 Å². The van der Waals surface area contributed by atoms with E-state index >= 15 is 0 Å². The van der Waals surface area contributed by atoms with Gasteiger partial charge in [0.25, 0.3) is 0 Å². The average molecular weight is 221 g/mol. The molecule has 0 aromatic heterocycles. The fourth-order valence-electron chi connectivity index (χ4n) is 1.96. The third kappa shape index (κ3) is 1.40. The van der Waals surface area contributed by atoms with Crippen molar-refractivity contribution in [2.45, 2.75) is 25.2 Å². The summed E-state index contributed by atoms with van der Waals surface area (Å²) in [4.78, 5) is 10.9. The second kappa shape index (κ2) is 3.38. The lowest BCUT2D eigenvalue weighted by Crippen LogP contribution is -2.41. The first-order valence-electron chi connectivity index (χ1n) is 4.87. The molecule has 0 spiro atoms. The van der Waals surface area contributed by atoms with Crippen molar-refractivity contribution in [1.29, 1.82) is 5.26 Å². The van der Waals surface area contributed by atoms with Crippen molar-refractivity contribution in [2.24, 2.45) is 0 Å². The van der Waals surface area contributed by atoms with Gasteiger partial charge in [-0.25, -0.2) is 8.78 Å². The minimum Gasteiger partial charge on any atom is -0.300 e. The predicted molar refractivity (Wildman–Crippen MR) is 52.6 cm³/mol. The Balaban J connectivity index is 2.53. The summed E-state index contributed by atoms with van der Waals surface area (Å²) < 4.78 is 27.0. The molecule has 2 rings (SSSR count). The highest BCUT2D eigenvalue weighted by Gasteiger charge is 2.47. The van der Waals surface area contributed by atoms with Crippen molar-refractivity contribution >= 4 is 5.78 Å². The summed E-state index contributed by atoms with van der Waals surface area (Å²) in [7, 11) is 0. The molecule has 1 aliphatic carbocycles. The van der Waals surface area contributed by atoms with E-state index in [0.29, 0.717) is 0 Å². The highest BCUT2D eigenvalue weighted by atomic mass is 19.1. The van der Waals surface area contributed by atoms with Crippen LogP contribution in [0.3, 0.4) is 0 Å². The van der Waals surface area contributed by atoms with E-state index in [1.807, 2.05) is 6.07 Å². The van der Waals surface area contributed by atoms with E-state index in [1.54, 1.807) is 0 Å². The smallest absolute Gasteiger partial charge is 0.136 e.